The summed E-state index contributed by atoms with van der Waals surface area (Å²) in [6.07, 6.45) is 2.12. The average Bonchev–Trinajstić information content (AvgIpc) is 2.48. The molecule has 0 atom stereocenters. The van der Waals surface area contributed by atoms with Gasteiger partial charge in [0.1, 0.15) is 0 Å². The van der Waals surface area contributed by atoms with Gasteiger partial charge in [-0.3, -0.25) is 14.2 Å². The maximum Gasteiger partial charge on any atom is 0.319 e. The SMILES string of the molecule is CS(=O)(=O)Nc1ccc(N)cc1.CS(=O)(=O)Nc1ccc(NS(=O)(=O)Cl)cc1. The Balaban J connectivity index is 0.000000292. The monoisotopic (exact) mass is 470 g/mol. The Hall–Kier alpha value is -2.22. The summed E-state index contributed by atoms with van der Waals surface area (Å²) in [5.41, 5.74) is 7.12. The molecule has 0 fully saturated rings. The van der Waals surface area contributed by atoms with Crippen LogP contribution in [0.5, 0.6) is 0 Å². The lowest BCUT2D eigenvalue weighted by Crippen LogP contribution is -2.09. The summed E-state index contributed by atoms with van der Waals surface area (Å²) in [7, 11) is -5.40. The number of rotatable bonds is 6. The molecule has 0 aliphatic rings. The first-order chi connectivity index (χ1) is 12.6. The number of nitrogens with two attached hydrogens (primary N) is 1. The third-order valence-electron chi connectivity index (χ3n) is 2.64. The van der Waals surface area contributed by atoms with E-state index in [-0.39, 0.29) is 5.69 Å². The molecule has 5 N–H and O–H groups in total. The molecule has 0 unspecified atom stereocenters. The zero-order valence-corrected chi connectivity index (χ0v) is 18.0. The van der Waals surface area contributed by atoms with E-state index >= 15 is 0 Å². The minimum atomic E-state index is -3.84. The van der Waals surface area contributed by atoms with Crippen molar-refractivity contribution in [3.63, 3.8) is 0 Å². The van der Waals surface area contributed by atoms with Crippen molar-refractivity contribution in [2.24, 2.45) is 0 Å². The molecule has 0 saturated carbocycles. The second kappa shape index (κ2) is 9.32. The zero-order valence-electron chi connectivity index (χ0n) is 14.7. The topological polar surface area (TPSA) is 165 Å². The van der Waals surface area contributed by atoms with Gasteiger partial charge in [-0.1, -0.05) is 0 Å². The van der Waals surface area contributed by atoms with Crippen LogP contribution in [0, 0.1) is 0 Å². The second-order valence-electron chi connectivity index (χ2n) is 5.49. The Bertz CT molecular complexity index is 1050. The molecule has 2 aromatic carbocycles. The summed E-state index contributed by atoms with van der Waals surface area (Å²) in [5, 5.41) is 0. The fraction of sp³-hybridized carbons (Fsp3) is 0.143. The molecule has 156 valence electrons. The van der Waals surface area contributed by atoms with Gasteiger partial charge in [-0.2, -0.15) is 8.42 Å². The molecule has 0 bridgehead atoms. The van der Waals surface area contributed by atoms with Crippen molar-refractivity contribution in [1.82, 2.24) is 0 Å². The summed E-state index contributed by atoms with van der Waals surface area (Å²) in [6.45, 7) is 0. The number of hydrogen-bond donors (Lipinski definition) is 4. The third kappa shape index (κ3) is 11.5. The zero-order chi connectivity index (χ0) is 21.6. The minimum Gasteiger partial charge on any atom is -0.399 e. The highest BCUT2D eigenvalue weighted by molar-refractivity contribution is 8.14. The average molecular weight is 471 g/mol. The van der Waals surface area contributed by atoms with Crippen LogP contribution >= 0.6 is 10.7 Å². The van der Waals surface area contributed by atoms with Crippen LogP contribution in [-0.4, -0.2) is 37.8 Å². The number of benzene rings is 2. The Labute approximate surface area is 168 Å². The normalized spacial score (nSPS) is 11.7. The molecular formula is C14H19ClN4O6S3. The lowest BCUT2D eigenvalue weighted by molar-refractivity contribution is 0.605. The van der Waals surface area contributed by atoms with E-state index in [2.05, 4.69) is 9.44 Å². The standard InChI is InChI=1S/C7H9ClN2O4S2.C7H10N2O2S/c1-15(11,12)9-6-2-4-7(5-3-6)10-16(8,13)14;1-12(10,11)9-7-4-2-6(8)3-5-7/h2-5,9-10H,1H3;2-5,9H,8H2,1H3. The summed E-state index contributed by atoms with van der Waals surface area (Å²) in [5.74, 6) is 0. The van der Waals surface area contributed by atoms with Crippen LogP contribution in [0.2, 0.25) is 0 Å². The highest BCUT2D eigenvalue weighted by atomic mass is 35.7. The van der Waals surface area contributed by atoms with Gasteiger partial charge in [0.2, 0.25) is 20.0 Å². The summed E-state index contributed by atoms with van der Waals surface area (Å²) < 4.78 is 71.1. The van der Waals surface area contributed by atoms with E-state index in [4.69, 9.17) is 16.4 Å². The summed E-state index contributed by atoms with van der Waals surface area (Å²) in [4.78, 5) is 0. The molecule has 0 radical (unpaired) electrons. The maximum atomic E-state index is 10.9. The molecule has 14 heteroatoms. The van der Waals surface area contributed by atoms with E-state index in [1.54, 1.807) is 24.3 Å². The van der Waals surface area contributed by atoms with Gasteiger partial charge in [-0.05, 0) is 48.5 Å². The third-order valence-corrected chi connectivity index (χ3v) is 4.57. The van der Waals surface area contributed by atoms with Gasteiger partial charge in [-0.15, -0.1) is 0 Å². The Morgan fingerprint density at radius 1 is 0.643 bits per heavy atom. The predicted octanol–water partition coefficient (Wildman–Crippen LogP) is 1.59. The largest absolute Gasteiger partial charge is 0.399 e. The van der Waals surface area contributed by atoms with Crippen LogP contribution < -0.4 is 19.9 Å². The highest BCUT2D eigenvalue weighted by Crippen LogP contribution is 2.16. The van der Waals surface area contributed by atoms with Crippen molar-refractivity contribution in [2.75, 3.05) is 32.4 Å². The van der Waals surface area contributed by atoms with Gasteiger partial charge in [-0.25, -0.2) is 16.8 Å². The summed E-state index contributed by atoms with van der Waals surface area (Å²) >= 11 is 0. The molecule has 0 aliphatic heterocycles. The van der Waals surface area contributed by atoms with E-state index in [0.717, 1.165) is 12.5 Å². The van der Waals surface area contributed by atoms with E-state index in [1.165, 1.54) is 24.3 Å². The van der Waals surface area contributed by atoms with Crippen molar-refractivity contribution >= 4 is 62.7 Å². The maximum absolute atomic E-state index is 10.9. The molecule has 0 saturated heterocycles. The molecule has 0 amide bonds. The van der Waals surface area contributed by atoms with E-state index in [0.29, 0.717) is 17.1 Å². The highest BCUT2D eigenvalue weighted by Gasteiger charge is 2.05. The van der Waals surface area contributed by atoms with Crippen molar-refractivity contribution in [3.05, 3.63) is 48.5 Å². The molecule has 0 aromatic heterocycles. The van der Waals surface area contributed by atoms with Crippen molar-refractivity contribution < 1.29 is 25.3 Å². The van der Waals surface area contributed by atoms with Crippen molar-refractivity contribution in [1.29, 1.82) is 0 Å². The quantitative estimate of drug-likeness (QED) is 0.367. The van der Waals surface area contributed by atoms with Crippen LogP contribution in [0.1, 0.15) is 0 Å². The number of nitrogens with one attached hydrogen (secondary N) is 3. The van der Waals surface area contributed by atoms with Crippen LogP contribution in [0.4, 0.5) is 22.7 Å². The summed E-state index contributed by atoms with van der Waals surface area (Å²) in [6, 6.07) is 12.1. The first-order valence-corrected chi connectivity index (χ1v) is 13.4. The Morgan fingerprint density at radius 2 is 0.929 bits per heavy atom. The first kappa shape index (κ1) is 23.8. The first-order valence-electron chi connectivity index (χ1n) is 7.26. The van der Waals surface area contributed by atoms with Crippen molar-refractivity contribution in [2.45, 2.75) is 0 Å². The van der Waals surface area contributed by atoms with Gasteiger partial charge in [0.15, 0.2) is 0 Å². The Kier molecular flexibility index (Phi) is 7.93. The number of halogens is 1. The molecule has 28 heavy (non-hydrogen) atoms. The molecule has 0 spiro atoms. The van der Waals surface area contributed by atoms with Gasteiger partial charge in [0.05, 0.1) is 12.5 Å². The Morgan fingerprint density at radius 3 is 1.21 bits per heavy atom. The molecule has 2 rings (SSSR count). The number of sulfonamides is 2. The predicted molar refractivity (Wildman–Crippen MR) is 113 cm³/mol. The lowest BCUT2D eigenvalue weighted by atomic mass is 10.3. The van der Waals surface area contributed by atoms with Crippen LogP contribution in [0.15, 0.2) is 48.5 Å². The van der Waals surface area contributed by atoms with Crippen LogP contribution in [0.3, 0.4) is 0 Å². The fourth-order valence-electron chi connectivity index (χ4n) is 1.73. The number of nitrogen functional groups attached to an aromatic ring is 1. The fourth-order valence-corrected chi connectivity index (χ4v) is 3.54. The molecule has 0 heterocycles. The minimum absolute atomic E-state index is 0.244. The van der Waals surface area contributed by atoms with Gasteiger partial charge in [0, 0.05) is 33.4 Å². The van der Waals surface area contributed by atoms with Gasteiger partial charge < -0.3 is 5.73 Å². The van der Waals surface area contributed by atoms with E-state index < -0.39 is 29.3 Å². The molecular weight excluding hydrogens is 452 g/mol. The van der Waals surface area contributed by atoms with Crippen LogP contribution in [-0.2, 0) is 29.3 Å². The lowest BCUT2D eigenvalue weighted by Gasteiger charge is -2.05. The van der Waals surface area contributed by atoms with Crippen LogP contribution in [0.25, 0.3) is 0 Å². The second-order valence-corrected chi connectivity index (χ2v) is 11.3. The van der Waals surface area contributed by atoms with Crippen molar-refractivity contribution in [3.8, 4) is 0 Å². The van der Waals surface area contributed by atoms with Gasteiger partial charge >= 0.3 is 9.24 Å². The van der Waals surface area contributed by atoms with Gasteiger partial charge in [0.25, 0.3) is 0 Å². The smallest absolute Gasteiger partial charge is 0.319 e. The molecule has 2 aromatic rings. The number of anilines is 4. The molecule has 10 nitrogen and oxygen atoms in total. The number of hydrogen-bond acceptors (Lipinski definition) is 7. The van der Waals surface area contributed by atoms with E-state index in [1.807, 2.05) is 4.72 Å². The molecule has 0 aliphatic carbocycles. The van der Waals surface area contributed by atoms with E-state index in [9.17, 15) is 25.3 Å².